The number of pyridine rings is 1. The van der Waals surface area contributed by atoms with Crippen LogP contribution in [0.2, 0.25) is 5.15 Å². The fourth-order valence-electron chi connectivity index (χ4n) is 2.10. The Balaban J connectivity index is 2.27. The molecule has 3 nitrogen and oxygen atoms in total. The molecule has 0 aliphatic heterocycles. The maximum Gasteiger partial charge on any atom is 0.157 e. The van der Waals surface area contributed by atoms with Crippen LogP contribution in [0.5, 0.6) is 0 Å². The van der Waals surface area contributed by atoms with Crippen LogP contribution in [0, 0.1) is 0 Å². The third-order valence-electron chi connectivity index (χ3n) is 3.15. The minimum atomic E-state index is 0.523. The van der Waals surface area contributed by atoms with Gasteiger partial charge < -0.3 is 10.1 Å². The van der Waals surface area contributed by atoms with Gasteiger partial charge in [-0.05, 0) is 25.0 Å². The van der Waals surface area contributed by atoms with Crippen molar-refractivity contribution in [2.45, 2.75) is 25.2 Å². The number of aromatic nitrogens is 2. The van der Waals surface area contributed by atoms with E-state index in [9.17, 15) is 0 Å². The lowest BCUT2D eigenvalue weighted by Crippen LogP contribution is -2.12. The summed E-state index contributed by atoms with van der Waals surface area (Å²) >= 11 is 6.10. The van der Waals surface area contributed by atoms with Gasteiger partial charge in [-0.1, -0.05) is 18.0 Å². The molecule has 1 aliphatic carbocycles. The number of nitrogens with two attached hydrogens (primary N) is 1. The molecule has 1 saturated carbocycles. The molecule has 2 aromatic heterocycles. The first-order chi connectivity index (χ1) is 7.27. The van der Waals surface area contributed by atoms with Crippen LogP contribution in [0.4, 0.5) is 5.69 Å². The van der Waals surface area contributed by atoms with Gasteiger partial charge in [0.25, 0.3) is 0 Å². The molecular weight excluding hydrogens is 210 g/mol. The SMILES string of the molecule is Nc1cccn2c(C3CCC3)nc(Cl)c12. The summed E-state index contributed by atoms with van der Waals surface area (Å²) in [6.45, 7) is 0. The molecule has 15 heavy (non-hydrogen) atoms. The zero-order chi connectivity index (χ0) is 10.4. The molecule has 0 aromatic carbocycles. The van der Waals surface area contributed by atoms with E-state index in [0.29, 0.717) is 16.8 Å². The first-order valence-electron chi connectivity index (χ1n) is 5.19. The zero-order valence-electron chi connectivity index (χ0n) is 8.28. The Kier molecular flexibility index (Phi) is 1.89. The molecule has 1 aliphatic rings. The van der Waals surface area contributed by atoms with Gasteiger partial charge in [0.05, 0.1) is 5.69 Å². The predicted octanol–water partition coefficient (Wildman–Crippen LogP) is 2.84. The molecule has 0 spiro atoms. The van der Waals surface area contributed by atoms with Gasteiger partial charge in [-0.3, -0.25) is 0 Å². The Morgan fingerprint density at radius 3 is 2.93 bits per heavy atom. The van der Waals surface area contributed by atoms with Gasteiger partial charge in [-0.2, -0.15) is 0 Å². The largest absolute Gasteiger partial charge is 0.397 e. The Labute approximate surface area is 92.9 Å². The Hall–Kier alpha value is -1.22. The van der Waals surface area contributed by atoms with Gasteiger partial charge >= 0.3 is 0 Å². The number of halogens is 1. The molecule has 2 aromatic rings. The number of nitrogens with zero attached hydrogens (tertiary/aromatic N) is 2. The van der Waals surface area contributed by atoms with Gasteiger partial charge in [0.2, 0.25) is 0 Å². The molecule has 4 heteroatoms. The van der Waals surface area contributed by atoms with Crippen LogP contribution in [0.3, 0.4) is 0 Å². The molecule has 0 amide bonds. The van der Waals surface area contributed by atoms with E-state index in [2.05, 4.69) is 4.98 Å². The molecule has 2 N–H and O–H groups in total. The second-order valence-electron chi connectivity index (χ2n) is 4.07. The van der Waals surface area contributed by atoms with Crippen molar-refractivity contribution < 1.29 is 0 Å². The highest BCUT2D eigenvalue weighted by Crippen LogP contribution is 2.38. The third-order valence-corrected chi connectivity index (χ3v) is 3.41. The predicted molar refractivity (Wildman–Crippen MR) is 61.2 cm³/mol. The highest BCUT2D eigenvalue weighted by molar-refractivity contribution is 6.33. The van der Waals surface area contributed by atoms with Gasteiger partial charge in [0, 0.05) is 12.1 Å². The molecular formula is C11H12ClN3. The van der Waals surface area contributed by atoms with Crippen LogP contribution in [0.1, 0.15) is 31.0 Å². The quantitative estimate of drug-likeness (QED) is 0.805. The lowest BCUT2D eigenvalue weighted by atomic mass is 9.85. The van der Waals surface area contributed by atoms with Gasteiger partial charge in [-0.25, -0.2) is 4.98 Å². The van der Waals surface area contributed by atoms with Crippen LogP contribution < -0.4 is 5.73 Å². The van der Waals surface area contributed by atoms with Crippen molar-refractivity contribution in [2.24, 2.45) is 0 Å². The number of hydrogen-bond donors (Lipinski definition) is 1. The van der Waals surface area contributed by atoms with Crippen molar-refractivity contribution in [2.75, 3.05) is 5.73 Å². The summed E-state index contributed by atoms with van der Waals surface area (Å²) in [4.78, 5) is 4.42. The number of anilines is 1. The first kappa shape index (κ1) is 9.04. The number of nitrogen functional groups attached to an aromatic ring is 1. The van der Waals surface area contributed by atoms with E-state index in [1.807, 2.05) is 22.7 Å². The van der Waals surface area contributed by atoms with Gasteiger partial charge in [-0.15, -0.1) is 0 Å². The summed E-state index contributed by atoms with van der Waals surface area (Å²) in [6.07, 6.45) is 5.70. The van der Waals surface area contributed by atoms with Crippen molar-refractivity contribution in [3.8, 4) is 0 Å². The Bertz CT molecular complexity index is 514. The van der Waals surface area contributed by atoms with Crippen molar-refractivity contribution >= 4 is 22.8 Å². The number of hydrogen-bond acceptors (Lipinski definition) is 2. The second kappa shape index (κ2) is 3.14. The summed E-state index contributed by atoms with van der Waals surface area (Å²) in [5.41, 5.74) is 7.43. The lowest BCUT2D eigenvalue weighted by Gasteiger charge is -2.23. The van der Waals surface area contributed by atoms with Crippen LogP contribution in [-0.4, -0.2) is 9.38 Å². The highest BCUT2D eigenvalue weighted by atomic mass is 35.5. The first-order valence-corrected chi connectivity index (χ1v) is 5.57. The molecule has 0 bridgehead atoms. The van der Waals surface area contributed by atoms with E-state index >= 15 is 0 Å². The number of rotatable bonds is 1. The van der Waals surface area contributed by atoms with Crippen molar-refractivity contribution in [3.63, 3.8) is 0 Å². The van der Waals surface area contributed by atoms with Crippen molar-refractivity contribution in [1.29, 1.82) is 0 Å². The average Bonchev–Trinajstić information content (AvgIpc) is 2.43. The molecule has 2 heterocycles. The third kappa shape index (κ3) is 1.23. The standard InChI is InChI=1S/C11H12ClN3/c12-10-9-8(13)5-2-6-15(9)11(14-10)7-3-1-4-7/h2,5-7H,1,3-4,13H2. The highest BCUT2D eigenvalue weighted by Gasteiger charge is 2.25. The van der Waals surface area contributed by atoms with Crippen molar-refractivity contribution in [3.05, 3.63) is 29.3 Å². The van der Waals surface area contributed by atoms with Crippen LogP contribution in [0.25, 0.3) is 5.52 Å². The molecule has 0 radical (unpaired) electrons. The van der Waals surface area contributed by atoms with E-state index in [0.717, 1.165) is 11.3 Å². The Morgan fingerprint density at radius 1 is 1.47 bits per heavy atom. The summed E-state index contributed by atoms with van der Waals surface area (Å²) in [7, 11) is 0. The maximum absolute atomic E-state index is 6.10. The minimum absolute atomic E-state index is 0.523. The fourth-order valence-corrected chi connectivity index (χ4v) is 2.38. The minimum Gasteiger partial charge on any atom is -0.397 e. The van der Waals surface area contributed by atoms with Crippen LogP contribution >= 0.6 is 11.6 Å². The normalized spacial score (nSPS) is 16.9. The monoisotopic (exact) mass is 221 g/mol. The van der Waals surface area contributed by atoms with Crippen LogP contribution in [0.15, 0.2) is 18.3 Å². The van der Waals surface area contributed by atoms with E-state index in [-0.39, 0.29) is 0 Å². The summed E-state index contributed by atoms with van der Waals surface area (Å²) in [6, 6.07) is 3.79. The molecule has 0 unspecified atom stereocenters. The van der Waals surface area contributed by atoms with E-state index in [1.165, 1.54) is 19.3 Å². The van der Waals surface area contributed by atoms with Crippen molar-refractivity contribution in [1.82, 2.24) is 9.38 Å². The number of fused-ring (bicyclic) bond motifs is 1. The maximum atomic E-state index is 6.10. The molecule has 3 rings (SSSR count). The van der Waals surface area contributed by atoms with E-state index in [4.69, 9.17) is 17.3 Å². The molecule has 78 valence electrons. The zero-order valence-corrected chi connectivity index (χ0v) is 9.04. The van der Waals surface area contributed by atoms with Gasteiger partial charge in [0.15, 0.2) is 5.15 Å². The summed E-state index contributed by atoms with van der Waals surface area (Å²) < 4.78 is 2.03. The number of imidazole rings is 1. The molecule has 0 atom stereocenters. The average molecular weight is 222 g/mol. The lowest BCUT2D eigenvalue weighted by molar-refractivity contribution is 0.400. The molecule has 1 fully saturated rings. The summed E-state index contributed by atoms with van der Waals surface area (Å²) in [5, 5.41) is 0.523. The second-order valence-corrected chi connectivity index (χ2v) is 4.43. The topological polar surface area (TPSA) is 43.3 Å². The van der Waals surface area contributed by atoms with Crippen LogP contribution in [-0.2, 0) is 0 Å². The Morgan fingerprint density at radius 2 is 2.27 bits per heavy atom. The van der Waals surface area contributed by atoms with E-state index < -0.39 is 0 Å². The smallest absolute Gasteiger partial charge is 0.157 e. The van der Waals surface area contributed by atoms with E-state index in [1.54, 1.807) is 0 Å². The summed E-state index contributed by atoms with van der Waals surface area (Å²) in [5.74, 6) is 1.63. The molecule has 0 saturated heterocycles. The van der Waals surface area contributed by atoms with Gasteiger partial charge in [0.1, 0.15) is 11.3 Å². The fraction of sp³-hybridized carbons (Fsp3) is 0.364.